The van der Waals surface area contributed by atoms with Crippen LogP contribution < -0.4 is 10.5 Å². The van der Waals surface area contributed by atoms with Crippen molar-refractivity contribution in [3.63, 3.8) is 0 Å². The molecular weight excluding hydrogens is 244 g/mol. The van der Waals surface area contributed by atoms with E-state index >= 15 is 0 Å². The first kappa shape index (κ1) is 12.8. The van der Waals surface area contributed by atoms with Gasteiger partial charge in [0, 0.05) is 11.9 Å². The molecule has 2 rings (SSSR count). The van der Waals surface area contributed by atoms with Gasteiger partial charge in [-0.1, -0.05) is 5.16 Å². The van der Waals surface area contributed by atoms with Crippen LogP contribution in [0.5, 0.6) is 11.6 Å². The highest BCUT2D eigenvalue weighted by atomic mass is 16.5. The highest BCUT2D eigenvalue weighted by Crippen LogP contribution is 2.24. The number of aromatic nitrogens is 2. The van der Waals surface area contributed by atoms with Gasteiger partial charge >= 0.3 is 0 Å². The maximum atomic E-state index is 8.81. The SMILES string of the molecule is Cc1ccc(Oc2nccc(C)c2/C(N)=N/O)cn1. The number of pyridine rings is 2. The molecule has 0 atom stereocenters. The van der Waals surface area contributed by atoms with Gasteiger partial charge in [0.05, 0.1) is 11.8 Å². The van der Waals surface area contributed by atoms with E-state index in [1.54, 1.807) is 24.5 Å². The summed E-state index contributed by atoms with van der Waals surface area (Å²) in [6.45, 7) is 3.71. The monoisotopic (exact) mass is 258 g/mol. The summed E-state index contributed by atoms with van der Waals surface area (Å²) in [6.07, 6.45) is 3.19. The van der Waals surface area contributed by atoms with E-state index in [1.165, 1.54) is 0 Å². The van der Waals surface area contributed by atoms with Crippen molar-refractivity contribution in [1.29, 1.82) is 0 Å². The Kier molecular flexibility index (Phi) is 3.61. The van der Waals surface area contributed by atoms with Crippen molar-refractivity contribution in [3.8, 4) is 11.6 Å². The minimum absolute atomic E-state index is 0.0410. The number of amidine groups is 1. The third kappa shape index (κ3) is 2.79. The molecule has 0 saturated heterocycles. The highest BCUT2D eigenvalue weighted by Gasteiger charge is 2.13. The lowest BCUT2D eigenvalue weighted by Gasteiger charge is -2.10. The van der Waals surface area contributed by atoms with Crippen LogP contribution in [0, 0.1) is 13.8 Å². The molecule has 2 aromatic heterocycles. The first-order chi connectivity index (χ1) is 9.11. The third-order valence-electron chi connectivity index (χ3n) is 2.59. The zero-order valence-electron chi connectivity index (χ0n) is 10.7. The maximum Gasteiger partial charge on any atom is 0.230 e. The Labute approximate surface area is 110 Å². The fraction of sp³-hybridized carbons (Fsp3) is 0.154. The number of ether oxygens (including phenoxy) is 1. The number of nitrogens with two attached hydrogens (primary N) is 1. The first-order valence-corrected chi connectivity index (χ1v) is 5.66. The summed E-state index contributed by atoms with van der Waals surface area (Å²) in [4.78, 5) is 8.23. The molecule has 3 N–H and O–H groups in total. The molecule has 0 aliphatic carbocycles. The molecule has 2 aromatic rings. The molecule has 0 aliphatic rings. The van der Waals surface area contributed by atoms with Gasteiger partial charge in [0.25, 0.3) is 0 Å². The van der Waals surface area contributed by atoms with E-state index in [1.807, 2.05) is 19.9 Å². The fourth-order valence-corrected chi connectivity index (χ4v) is 1.60. The number of hydrogen-bond donors (Lipinski definition) is 2. The second kappa shape index (κ2) is 5.34. The molecule has 0 aliphatic heterocycles. The van der Waals surface area contributed by atoms with Crippen molar-refractivity contribution < 1.29 is 9.94 Å². The molecule has 0 radical (unpaired) electrons. The third-order valence-corrected chi connectivity index (χ3v) is 2.59. The van der Waals surface area contributed by atoms with Gasteiger partial charge in [-0.05, 0) is 37.6 Å². The summed E-state index contributed by atoms with van der Waals surface area (Å²) in [7, 11) is 0. The number of hydrogen-bond acceptors (Lipinski definition) is 5. The van der Waals surface area contributed by atoms with Crippen LogP contribution in [0.2, 0.25) is 0 Å². The van der Waals surface area contributed by atoms with Gasteiger partial charge in [-0.2, -0.15) is 0 Å². The van der Waals surface area contributed by atoms with Gasteiger partial charge < -0.3 is 15.7 Å². The van der Waals surface area contributed by atoms with Crippen LogP contribution in [0.25, 0.3) is 0 Å². The van der Waals surface area contributed by atoms with Gasteiger partial charge in [0.2, 0.25) is 5.88 Å². The topological polar surface area (TPSA) is 93.6 Å². The number of nitrogens with zero attached hydrogens (tertiary/aromatic N) is 3. The van der Waals surface area contributed by atoms with E-state index in [4.69, 9.17) is 15.7 Å². The van der Waals surface area contributed by atoms with Crippen molar-refractivity contribution in [2.45, 2.75) is 13.8 Å². The van der Waals surface area contributed by atoms with E-state index in [-0.39, 0.29) is 11.7 Å². The van der Waals surface area contributed by atoms with Crippen LogP contribution in [0.1, 0.15) is 16.8 Å². The summed E-state index contributed by atoms with van der Waals surface area (Å²) in [5.74, 6) is 0.775. The van der Waals surface area contributed by atoms with E-state index in [9.17, 15) is 0 Å². The molecule has 0 amide bonds. The first-order valence-electron chi connectivity index (χ1n) is 5.66. The lowest BCUT2D eigenvalue weighted by molar-refractivity contribution is 0.318. The molecule has 0 unspecified atom stereocenters. The molecule has 6 nitrogen and oxygen atoms in total. The summed E-state index contributed by atoms with van der Waals surface area (Å²) in [5.41, 5.74) is 7.80. The van der Waals surface area contributed by atoms with Crippen molar-refractivity contribution in [2.75, 3.05) is 0 Å². The Bertz CT molecular complexity index is 609. The fourth-order valence-electron chi connectivity index (χ4n) is 1.60. The predicted octanol–water partition coefficient (Wildman–Crippen LogP) is 1.98. The molecule has 6 heteroatoms. The van der Waals surface area contributed by atoms with Gasteiger partial charge in [-0.15, -0.1) is 0 Å². The number of rotatable bonds is 3. The molecule has 0 bridgehead atoms. The smallest absolute Gasteiger partial charge is 0.230 e. The number of aryl methyl sites for hydroxylation is 2. The van der Waals surface area contributed by atoms with E-state index in [0.29, 0.717) is 11.3 Å². The average Bonchev–Trinajstić information content (AvgIpc) is 2.41. The number of oxime groups is 1. The lowest BCUT2D eigenvalue weighted by atomic mass is 10.1. The maximum absolute atomic E-state index is 8.81. The van der Waals surface area contributed by atoms with Crippen molar-refractivity contribution in [1.82, 2.24) is 9.97 Å². The van der Waals surface area contributed by atoms with Crippen LogP contribution >= 0.6 is 0 Å². The standard InChI is InChI=1S/C13H14N4O2/c1-8-5-6-15-13(11(8)12(14)17-18)19-10-4-3-9(2)16-7-10/h3-7,18H,1-2H3,(H2,14,17). The minimum Gasteiger partial charge on any atom is -0.437 e. The van der Waals surface area contributed by atoms with Crippen LogP contribution in [0.15, 0.2) is 35.7 Å². The van der Waals surface area contributed by atoms with Crippen LogP contribution in [0.4, 0.5) is 0 Å². The van der Waals surface area contributed by atoms with Crippen LogP contribution in [-0.4, -0.2) is 21.0 Å². The molecule has 0 aromatic carbocycles. The van der Waals surface area contributed by atoms with Crippen molar-refractivity contribution >= 4 is 5.84 Å². The van der Waals surface area contributed by atoms with Gasteiger partial charge in [0.15, 0.2) is 5.84 Å². The summed E-state index contributed by atoms with van der Waals surface area (Å²) in [6, 6.07) is 5.37. The van der Waals surface area contributed by atoms with E-state index in [0.717, 1.165) is 11.3 Å². The Morgan fingerprint density at radius 3 is 2.68 bits per heavy atom. The second-order valence-electron chi connectivity index (χ2n) is 4.03. The molecular formula is C13H14N4O2. The predicted molar refractivity (Wildman–Crippen MR) is 70.5 cm³/mol. The molecule has 2 heterocycles. The molecule has 19 heavy (non-hydrogen) atoms. The van der Waals surface area contributed by atoms with Gasteiger partial charge in [0.1, 0.15) is 5.75 Å². The van der Waals surface area contributed by atoms with Gasteiger partial charge in [-0.25, -0.2) is 4.98 Å². The second-order valence-corrected chi connectivity index (χ2v) is 4.03. The van der Waals surface area contributed by atoms with E-state index in [2.05, 4.69) is 15.1 Å². The van der Waals surface area contributed by atoms with E-state index < -0.39 is 0 Å². The van der Waals surface area contributed by atoms with Crippen LogP contribution in [-0.2, 0) is 0 Å². The summed E-state index contributed by atoms with van der Waals surface area (Å²) < 4.78 is 5.62. The zero-order chi connectivity index (χ0) is 13.8. The molecule has 0 saturated carbocycles. The summed E-state index contributed by atoms with van der Waals surface area (Å²) >= 11 is 0. The Balaban J connectivity index is 2.40. The van der Waals surface area contributed by atoms with Crippen molar-refractivity contribution in [3.05, 3.63) is 47.4 Å². The lowest BCUT2D eigenvalue weighted by Crippen LogP contribution is -2.16. The van der Waals surface area contributed by atoms with Crippen LogP contribution in [0.3, 0.4) is 0 Å². The molecule has 0 fully saturated rings. The summed E-state index contributed by atoms with van der Waals surface area (Å²) in [5, 5.41) is 11.8. The largest absolute Gasteiger partial charge is 0.437 e. The van der Waals surface area contributed by atoms with Gasteiger partial charge in [-0.3, -0.25) is 4.98 Å². The Morgan fingerprint density at radius 1 is 1.26 bits per heavy atom. The molecule has 98 valence electrons. The normalized spacial score (nSPS) is 11.4. The quantitative estimate of drug-likeness (QED) is 0.380. The minimum atomic E-state index is -0.0410. The zero-order valence-corrected chi connectivity index (χ0v) is 10.7. The highest BCUT2D eigenvalue weighted by molar-refractivity contribution is 6.00. The van der Waals surface area contributed by atoms with Crippen molar-refractivity contribution in [2.24, 2.45) is 10.9 Å². The Morgan fingerprint density at radius 2 is 2.05 bits per heavy atom. The average molecular weight is 258 g/mol. The molecule has 0 spiro atoms. The Hall–Kier alpha value is -2.63.